The van der Waals surface area contributed by atoms with Crippen LogP contribution in [-0.4, -0.2) is 60.3 Å². The number of hydrogen-bond acceptors (Lipinski definition) is 5. The van der Waals surface area contributed by atoms with Gasteiger partial charge in [-0.05, 0) is 93.5 Å². The number of halogens is 1. The molecule has 2 aromatic carbocycles. The number of ether oxygens (including phenoxy) is 1. The van der Waals surface area contributed by atoms with Gasteiger partial charge in [0, 0.05) is 13.6 Å². The number of nitrogens with zero attached hydrogens (tertiary/aromatic N) is 1. The number of likely N-dealkylation sites (N-methyl/N-ethyl adjacent to an activating group) is 1. The molecule has 2 aromatic rings. The quantitative estimate of drug-likeness (QED) is 0.355. The Balaban J connectivity index is 1.34. The van der Waals surface area contributed by atoms with Crippen LogP contribution < -0.4 is 15.4 Å². The number of para-hydroxylation sites is 1. The van der Waals surface area contributed by atoms with Crippen LogP contribution in [-0.2, 0) is 33.6 Å². The van der Waals surface area contributed by atoms with Crippen molar-refractivity contribution in [3.8, 4) is 5.75 Å². The topological polar surface area (TPSA) is 87.7 Å². The molecule has 1 heterocycles. The average Bonchev–Trinajstić information content (AvgIpc) is 3.81. The summed E-state index contributed by atoms with van der Waals surface area (Å²) < 4.78 is 19.7. The molecule has 1 aliphatic carbocycles. The largest absolute Gasteiger partial charge is 0.489 e. The first-order chi connectivity index (χ1) is 19.7. The minimum absolute atomic E-state index is 0.0202. The van der Waals surface area contributed by atoms with Crippen LogP contribution >= 0.6 is 0 Å². The predicted molar refractivity (Wildman–Crippen MR) is 157 cm³/mol. The van der Waals surface area contributed by atoms with Crippen molar-refractivity contribution in [3.05, 3.63) is 65.0 Å². The third kappa shape index (κ3) is 8.15. The van der Waals surface area contributed by atoms with Crippen LogP contribution in [0.5, 0.6) is 5.75 Å². The van der Waals surface area contributed by atoms with Gasteiger partial charge in [-0.3, -0.25) is 14.4 Å². The summed E-state index contributed by atoms with van der Waals surface area (Å²) in [6.07, 6.45) is 7.27. The van der Waals surface area contributed by atoms with E-state index >= 15 is 0 Å². The number of rotatable bonds is 14. The molecule has 8 heteroatoms. The lowest BCUT2D eigenvalue weighted by atomic mass is 9.96. The molecule has 0 radical (unpaired) electrons. The lowest BCUT2D eigenvalue weighted by Crippen LogP contribution is -2.56. The van der Waals surface area contributed by atoms with E-state index in [0.717, 1.165) is 56.3 Å². The molecule has 2 amide bonds. The Morgan fingerprint density at radius 1 is 1.10 bits per heavy atom. The number of amides is 2. The van der Waals surface area contributed by atoms with Gasteiger partial charge in [0.2, 0.25) is 11.8 Å². The van der Waals surface area contributed by atoms with Crippen LogP contribution in [0.2, 0.25) is 0 Å². The van der Waals surface area contributed by atoms with Gasteiger partial charge in [-0.25, -0.2) is 4.39 Å². The van der Waals surface area contributed by atoms with Crippen LogP contribution in [0.15, 0.2) is 42.5 Å². The second-order valence-electron chi connectivity index (χ2n) is 11.6. The predicted octanol–water partition coefficient (Wildman–Crippen LogP) is 4.39. The summed E-state index contributed by atoms with van der Waals surface area (Å²) in [6.45, 7) is 5.84. The van der Waals surface area contributed by atoms with Crippen LogP contribution in [0.1, 0.15) is 69.6 Å². The van der Waals surface area contributed by atoms with E-state index in [4.69, 9.17) is 4.74 Å². The van der Waals surface area contributed by atoms with Crippen LogP contribution in [0.3, 0.4) is 0 Å². The number of hydrogen-bond donors (Lipinski definition) is 2. The molecular formula is C33H44FN3O4. The Hall–Kier alpha value is -3.26. The van der Waals surface area contributed by atoms with Crippen LogP contribution in [0, 0.1) is 11.7 Å². The summed E-state index contributed by atoms with van der Waals surface area (Å²) in [6, 6.07) is 10.4. The molecule has 7 nitrogen and oxygen atoms in total. The number of fused-ring (bicyclic) bond motifs is 1. The zero-order valence-corrected chi connectivity index (χ0v) is 24.8. The van der Waals surface area contributed by atoms with E-state index in [1.807, 2.05) is 0 Å². The summed E-state index contributed by atoms with van der Waals surface area (Å²) in [5.41, 5.74) is 3.26. The molecule has 0 bridgehead atoms. The summed E-state index contributed by atoms with van der Waals surface area (Å²) >= 11 is 0. The van der Waals surface area contributed by atoms with Gasteiger partial charge in [0.1, 0.15) is 23.7 Å². The van der Waals surface area contributed by atoms with Crippen molar-refractivity contribution >= 4 is 17.6 Å². The molecule has 2 N–H and O–H groups in total. The first-order valence-electron chi connectivity index (χ1n) is 15.0. The molecule has 1 saturated carbocycles. The highest BCUT2D eigenvalue weighted by molar-refractivity contribution is 5.93. The van der Waals surface area contributed by atoms with E-state index in [9.17, 15) is 18.8 Å². The maximum atomic E-state index is 13.6. The minimum atomic E-state index is -0.764. The molecule has 4 atom stereocenters. The maximum absolute atomic E-state index is 13.6. The van der Waals surface area contributed by atoms with Crippen molar-refractivity contribution < 1.29 is 23.5 Å². The van der Waals surface area contributed by atoms with Crippen molar-refractivity contribution in [3.63, 3.8) is 0 Å². The van der Waals surface area contributed by atoms with Crippen molar-refractivity contribution in [2.24, 2.45) is 5.92 Å². The molecule has 0 saturated heterocycles. The molecule has 0 aromatic heterocycles. The third-order valence-corrected chi connectivity index (χ3v) is 8.39. The highest BCUT2D eigenvalue weighted by Gasteiger charge is 2.40. The van der Waals surface area contributed by atoms with Crippen molar-refractivity contribution in [2.75, 3.05) is 13.6 Å². The van der Waals surface area contributed by atoms with E-state index < -0.39 is 24.0 Å². The first kappa shape index (κ1) is 30.7. The zero-order chi connectivity index (χ0) is 29.5. The summed E-state index contributed by atoms with van der Waals surface area (Å²) in [5.74, 6) is 0.156. The highest BCUT2D eigenvalue weighted by atomic mass is 19.1. The maximum Gasteiger partial charge on any atom is 0.243 e. The van der Waals surface area contributed by atoms with Gasteiger partial charge in [-0.15, -0.1) is 0 Å². The molecule has 1 aliphatic heterocycles. The molecule has 4 rings (SSSR count). The third-order valence-electron chi connectivity index (χ3n) is 8.39. The number of aryl methyl sites for hydroxylation is 2. The Morgan fingerprint density at radius 3 is 2.49 bits per heavy atom. The molecule has 1 fully saturated rings. The monoisotopic (exact) mass is 565 g/mol. The van der Waals surface area contributed by atoms with Crippen molar-refractivity contribution in [2.45, 2.75) is 96.4 Å². The minimum Gasteiger partial charge on any atom is -0.489 e. The van der Waals surface area contributed by atoms with Crippen molar-refractivity contribution in [1.82, 2.24) is 15.5 Å². The number of ketones is 1. The molecule has 2 aliphatic rings. The molecule has 222 valence electrons. The fourth-order valence-corrected chi connectivity index (χ4v) is 5.41. The summed E-state index contributed by atoms with van der Waals surface area (Å²) in [4.78, 5) is 40.5. The van der Waals surface area contributed by atoms with E-state index in [1.165, 1.54) is 35.1 Å². The number of benzene rings is 2. The van der Waals surface area contributed by atoms with Gasteiger partial charge >= 0.3 is 0 Å². The Morgan fingerprint density at radius 2 is 1.83 bits per heavy atom. The van der Waals surface area contributed by atoms with Gasteiger partial charge in [-0.1, -0.05) is 43.7 Å². The molecule has 41 heavy (non-hydrogen) atoms. The van der Waals surface area contributed by atoms with Crippen LogP contribution in [0.4, 0.5) is 4.39 Å². The number of unbranched alkanes of at least 4 members (excludes halogenated alkanes) is 1. The SMILES string of the molecule is CCCCc1cccc2c1OC(CN[C@H](C(=O)N(C)[C@H](C)C(=O)N[C@H](Cc1ccc(F)cc1)C(C)=O)C1CC1)CC2. The lowest BCUT2D eigenvalue weighted by molar-refractivity contribution is -0.141. The first-order valence-corrected chi connectivity index (χ1v) is 15.0. The van der Waals surface area contributed by atoms with Gasteiger partial charge in [0.15, 0.2) is 5.78 Å². The lowest BCUT2D eigenvalue weighted by Gasteiger charge is -2.32. The summed E-state index contributed by atoms with van der Waals surface area (Å²) in [7, 11) is 1.64. The highest BCUT2D eigenvalue weighted by Crippen LogP contribution is 2.35. The smallest absolute Gasteiger partial charge is 0.243 e. The Bertz CT molecular complexity index is 1210. The molecule has 1 unspecified atom stereocenters. The standard InChI is InChI=1S/C33H44FN3O4/c1-5-6-8-25-9-7-10-26-15-18-28(41-31(25)26)20-35-30(24-13-14-24)33(40)37(4)21(2)32(39)36-29(22(3)38)19-23-11-16-27(34)17-12-23/h7,9-12,16-17,21,24,28-30,35H,5-6,8,13-15,18-20H2,1-4H3,(H,36,39)/t21-,28?,29-,30+/m1/s1. The Kier molecular flexibility index (Phi) is 10.5. The zero-order valence-electron chi connectivity index (χ0n) is 24.8. The fraction of sp³-hybridized carbons (Fsp3) is 0.545. The summed E-state index contributed by atoms with van der Waals surface area (Å²) in [5, 5.41) is 6.28. The second-order valence-corrected chi connectivity index (χ2v) is 11.6. The van der Waals surface area contributed by atoms with Crippen LogP contribution in [0.25, 0.3) is 0 Å². The molecule has 0 spiro atoms. The van der Waals surface area contributed by atoms with Gasteiger partial charge in [0.05, 0.1) is 12.1 Å². The van der Waals surface area contributed by atoms with E-state index in [0.29, 0.717) is 6.54 Å². The van der Waals surface area contributed by atoms with Gasteiger partial charge < -0.3 is 20.3 Å². The van der Waals surface area contributed by atoms with E-state index in [2.05, 4.69) is 35.8 Å². The fourth-order valence-electron chi connectivity index (χ4n) is 5.41. The number of carbonyl (C=O) groups excluding carboxylic acids is 3. The Labute approximate surface area is 243 Å². The normalized spacial score (nSPS) is 18.4. The number of Topliss-reactive ketones (excluding diaryl/α,β-unsaturated/α-hetero) is 1. The number of carbonyl (C=O) groups is 3. The van der Waals surface area contributed by atoms with Gasteiger partial charge in [-0.2, -0.15) is 0 Å². The second kappa shape index (κ2) is 14.1. The average molecular weight is 566 g/mol. The number of nitrogens with one attached hydrogen (secondary N) is 2. The van der Waals surface area contributed by atoms with Gasteiger partial charge in [0.25, 0.3) is 0 Å². The molecular weight excluding hydrogens is 521 g/mol. The van der Waals surface area contributed by atoms with E-state index in [-0.39, 0.29) is 36.0 Å². The van der Waals surface area contributed by atoms with E-state index in [1.54, 1.807) is 26.1 Å². The van der Waals surface area contributed by atoms with Crippen molar-refractivity contribution in [1.29, 1.82) is 0 Å².